The molecule has 2 aromatic rings. The van der Waals surface area contributed by atoms with Gasteiger partial charge in [-0.3, -0.25) is 14.3 Å². The molecule has 1 N–H and O–H groups in total. The van der Waals surface area contributed by atoms with Gasteiger partial charge in [-0.2, -0.15) is 0 Å². The Balaban J connectivity index is 1.77. The summed E-state index contributed by atoms with van der Waals surface area (Å²) in [5, 5.41) is 2.90. The van der Waals surface area contributed by atoms with Gasteiger partial charge in [0.1, 0.15) is 5.75 Å². The molecule has 1 atom stereocenters. The molecular formula is C16H18N4O3S. The summed E-state index contributed by atoms with van der Waals surface area (Å²) in [6, 6.07) is 7.27. The number of nitrogens with zero attached hydrogens (tertiary/aromatic N) is 3. The number of rotatable bonds is 5. The summed E-state index contributed by atoms with van der Waals surface area (Å²) in [6.45, 7) is 2.69. The van der Waals surface area contributed by atoms with Crippen molar-refractivity contribution in [3.05, 3.63) is 36.7 Å². The molecule has 1 aromatic carbocycles. The number of hydrogen-bond acceptors (Lipinski definition) is 5. The maximum absolute atomic E-state index is 12.4. The van der Waals surface area contributed by atoms with Crippen molar-refractivity contribution in [3.63, 3.8) is 0 Å². The second-order valence-electron chi connectivity index (χ2n) is 5.26. The average Bonchev–Trinajstić information content (AvgIpc) is 3.23. The molecule has 7 nitrogen and oxygen atoms in total. The van der Waals surface area contributed by atoms with E-state index >= 15 is 0 Å². The molecule has 8 heteroatoms. The van der Waals surface area contributed by atoms with Gasteiger partial charge in [-0.05, 0) is 19.1 Å². The van der Waals surface area contributed by atoms with Crippen LogP contribution >= 0.6 is 11.8 Å². The topological polar surface area (TPSA) is 76.5 Å². The van der Waals surface area contributed by atoms with Gasteiger partial charge in [0.05, 0.1) is 18.0 Å². The van der Waals surface area contributed by atoms with Crippen molar-refractivity contribution in [1.29, 1.82) is 0 Å². The number of methoxy groups -OCH3 is 1. The summed E-state index contributed by atoms with van der Waals surface area (Å²) in [6.07, 6.45) is 3.51. The minimum absolute atomic E-state index is 0.213. The highest BCUT2D eigenvalue weighted by atomic mass is 32.2. The van der Waals surface area contributed by atoms with Gasteiger partial charge < -0.3 is 10.1 Å². The number of ether oxygens (including phenoxy) is 1. The van der Waals surface area contributed by atoms with Crippen LogP contribution in [-0.2, 0) is 4.79 Å². The first kappa shape index (κ1) is 16.4. The molecule has 1 aromatic heterocycles. The molecule has 1 unspecified atom stereocenters. The Kier molecular flexibility index (Phi) is 4.75. The van der Waals surface area contributed by atoms with E-state index in [4.69, 9.17) is 4.74 Å². The molecule has 0 aliphatic carbocycles. The lowest BCUT2D eigenvalue weighted by Crippen LogP contribution is -2.39. The van der Waals surface area contributed by atoms with Crippen molar-refractivity contribution in [1.82, 2.24) is 19.8 Å². The molecule has 1 fully saturated rings. The summed E-state index contributed by atoms with van der Waals surface area (Å²) in [5.41, 5.74) is 0.896. The van der Waals surface area contributed by atoms with Crippen molar-refractivity contribution >= 4 is 23.7 Å². The van der Waals surface area contributed by atoms with Gasteiger partial charge in [-0.1, -0.05) is 17.8 Å². The largest absolute Gasteiger partial charge is 0.497 e. The Morgan fingerprint density at radius 2 is 2.29 bits per heavy atom. The number of urea groups is 1. The fourth-order valence-electron chi connectivity index (χ4n) is 2.44. The monoisotopic (exact) mass is 346 g/mol. The van der Waals surface area contributed by atoms with Crippen LogP contribution in [0.15, 0.2) is 41.8 Å². The molecule has 1 aliphatic heterocycles. The molecule has 0 radical (unpaired) electrons. The van der Waals surface area contributed by atoms with Crippen LogP contribution in [0.1, 0.15) is 6.92 Å². The zero-order valence-electron chi connectivity index (χ0n) is 13.4. The van der Waals surface area contributed by atoms with Gasteiger partial charge in [0.2, 0.25) is 5.91 Å². The Hall–Kier alpha value is -2.48. The number of amides is 3. The van der Waals surface area contributed by atoms with E-state index in [0.717, 1.165) is 11.4 Å². The van der Waals surface area contributed by atoms with Crippen LogP contribution in [-0.4, -0.2) is 51.8 Å². The number of thioether (sulfide) groups is 1. The summed E-state index contributed by atoms with van der Waals surface area (Å²) >= 11 is 1.32. The van der Waals surface area contributed by atoms with Crippen molar-refractivity contribution in [3.8, 4) is 11.4 Å². The number of benzene rings is 1. The minimum Gasteiger partial charge on any atom is -0.497 e. The van der Waals surface area contributed by atoms with Gasteiger partial charge in [-0.25, -0.2) is 9.78 Å². The number of imide groups is 1. The van der Waals surface area contributed by atoms with Crippen LogP contribution in [0.2, 0.25) is 0 Å². The van der Waals surface area contributed by atoms with Crippen molar-refractivity contribution < 1.29 is 14.3 Å². The van der Waals surface area contributed by atoms with Crippen LogP contribution in [0.25, 0.3) is 5.69 Å². The Morgan fingerprint density at radius 3 is 3.00 bits per heavy atom. The molecule has 3 amide bonds. The summed E-state index contributed by atoms with van der Waals surface area (Å²) in [5.74, 6) is 0.533. The van der Waals surface area contributed by atoms with E-state index in [2.05, 4.69) is 10.3 Å². The third-order valence-electron chi connectivity index (χ3n) is 3.69. The van der Waals surface area contributed by atoms with Gasteiger partial charge in [0, 0.05) is 31.5 Å². The predicted octanol–water partition coefficient (Wildman–Crippen LogP) is 1.91. The molecule has 1 saturated heterocycles. The number of imidazole rings is 1. The third kappa shape index (κ3) is 3.23. The Morgan fingerprint density at radius 1 is 1.46 bits per heavy atom. The second kappa shape index (κ2) is 6.96. The lowest BCUT2D eigenvalue weighted by molar-refractivity contribution is -0.126. The summed E-state index contributed by atoms with van der Waals surface area (Å²) < 4.78 is 7.14. The third-order valence-corrected chi connectivity index (χ3v) is 4.76. The average molecular weight is 346 g/mol. The van der Waals surface area contributed by atoms with Crippen molar-refractivity contribution in [2.24, 2.45) is 0 Å². The van der Waals surface area contributed by atoms with E-state index in [1.807, 2.05) is 35.0 Å². The maximum atomic E-state index is 12.4. The summed E-state index contributed by atoms with van der Waals surface area (Å²) in [7, 11) is 1.62. The van der Waals surface area contributed by atoms with Crippen LogP contribution in [0, 0.1) is 0 Å². The first-order valence-corrected chi connectivity index (χ1v) is 8.42. The van der Waals surface area contributed by atoms with Gasteiger partial charge >= 0.3 is 6.03 Å². The number of aromatic nitrogens is 2. The number of carbonyl (C=O) groups excluding carboxylic acids is 2. The molecule has 24 heavy (non-hydrogen) atoms. The SMILES string of the molecule is COc1cccc(-n2ccnc2SC(C)C(=O)N2CCNC2=O)c1. The zero-order valence-corrected chi connectivity index (χ0v) is 14.2. The van der Waals surface area contributed by atoms with E-state index in [9.17, 15) is 9.59 Å². The highest BCUT2D eigenvalue weighted by molar-refractivity contribution is 8.00. The van der Waals surface area contributed by atoms with E-state index in [-0.39, 0.29) is 11.9 Å². The maximum Gasteiger partial charge on any atom is 0.324 e. The van der Waals surface area contributed by atoms with Crippen LogP contribution in [0.5, 0.6) is 5.75 Å². The quantitative estimate of drug-likeness (QED) is 0.837. The fraction of sp³-hybridized carbons (Fsp3) is 0.312. The molecule has 0 bridgehead atoms. The van der Waals surface area contributed by atoms with Gasteiger partial charge in [0.25, 0.3) is 0 Å². The van der Waals surface area contributed by atoms with Crippen molar-refractivity contribution in [2.45, 2.75) is 17.3 Å². The van der Waals surface area contributed by atoms with Crippen LogP contribution < -0.4 is 10.1 Å². The first-order valence-electron chi connectivity index (χ1n) is 7.54. The standard InChI is InChI=1S/C16H18N4O3S/c1-11(14(21)20-9-6-17-15(20)22)24-16-18-7-8-19(16)12-4-3-5-13(10-12)23-2/h3-5,7-8,10-11H,6,9H2,1-2H3,(H,17,22). The molecule has 126 valence electrons. The van der Waals surface area contributed by atoms with Crippen LogP contribution in [0.3, 0.4) is 0 Å². The molecule has 1 aliphatic rings. The zero-order chi connectivity index (χ0) is 17.1. The highest BCUT2D eigenvalue weighted by Gasteiger charge is 2.30. The lowest BCUT2D eigenvalue weighted by Gasteiger charge is -2.17. The smallest absolute Gasteiger partial charge is 0.324 e. The van der Waals surface area contributed by atoms with E-state index < -0.39 is 5.25 Å². The summed E-state index contributed by atoms with van der Waals surface area (Å²) in [4.78, 5) is 29.6. The minimum atomic E-state index is -0.416. The Labute approximate surface area is 144 Å². The number of nitrogens with one attached hydrogen (secondary N) is 1. The fourth-order valence-corrected chi connectivity index (χ4v) is 3.39. The lowest BCUT2D eigenvalue weighted by atomic mass is 10.3. The Bertz CT molecular complexity index is 761. The molecule has 0 spiro atoms. The molecule has 2 heterocycles. The van der Waals surface area contributed by atoms with E-state index in [1.54, 1.807) is 20.2 Å². The van der Waals surface area contributed by atoms with Gasteiger partial charge in [-0.15, -0.1) is 0 Å². The van der Waals surface area contributed by atoms with Crippen molar-refractivity contribution in [2.75, 3.05) is 20.2 Å². The van der Waals surface area contributed by atoms with Crippen LogP contribution in [0.4, 0.5) is 4.79 Å². The first-order chi connectivity index (χ1) is 11.6. The van der Waals surface area contributed by atoms with E-state index in [1.165, 1.54) is 16.7 Å². The van der Waals surface area contributed by atoms with E-state index in [0.29, 0.717) is 18.2 Å². The predicted molar refractivity (Wildman–Crippen MR) is 90.5 cm³/mol. The highest BCUT2D eigenvalue weighted by Crippen LogP contribution is 2.27. The molecule has 0 saturated carbocycles. The molecule has 3 rings (SSSR count). The number of hydrogen-bond donors (Lipinski definition) is 1. The van der Waals surface area contributed by atoms with Gasteiger partial charge in [0.15, 0.2) is 5.16 Å². The number of carbonyl (C=O) groups is 2. The normalized spacial score (nSPS) is 15.2. The second-order valence-corrected chi connectivity index (χ2v) is 6.57. The molecular weight excluding hydrogens is 328 g/mol.